The molecule has 0 bridgehead atoms. The molecular weight excluding hydrogens is 406 g/mol. The summed E-state index contributed by atoms with van der Waals surface area (Å²) in [5.41, 5.74) is 2.82. The molecule has 4 aromatic rings. The van der Waals surface area contributed by atoms with Crippen LogP contribution in [-0.2, 0) is 21.4 Å². The topological polar surface area (TPSA) is 133 Å². The molecular formula is C20H19N5O4S. The SMILES string of the molecule is COCc1cc(S(N)(=O)=O)ccc1-c1nc2c(C)nn(-c3ccccc3)c2c(=O)[nH]1. The zero-order valence-electron chi connectivity index (χ0n) is 16.3. The van der Waals surface area contributed by atoms with Gasteiger partial charge in [0.2, 0.25) is 10.0 Å². The second-order valence-corrected chi connectivity index (χ2v) is 8.30. The quantitative estimate of drug-likeness (QED) is 0.502. The van der Waals surface area contributed by atoms with Gasteiger partial charge in [0.15, 0.2) is 5.52 Å². The number of methoxy groups -OCH3 is 1. The highest BCUT2D eigenvalue weighted by atomic mass is 32.2. The number of aromatic amines is 1. The van der Waals surface area contributed by atoms with E-state index in [0.29, 0.717) is 27.9 Å². The van der Waals surface area contributed by atoms with E-state index in [0.717, 1.165) is 5.69 Å². The lowest BCUT2D eigenvalue weighted by atomic mass is 10.1. The second kappa shape index (κ2) is 7.48. The summed E-state index contributed by atoms with van der Waals surface area (Å²) in [4.78, 5) is 20.3. The third-order valence-electron chi connectivity index (χ3n) is 4.66. The molecule has 2 aromatic heterocycles. The van der Waals surface area contributed by atoms with Gasteiger partial charge in [0, 0.05) is 12.7 Å². The molecule has 10 heteroatoms. The largest absolute Gasteiger partial charge is 0.380 e. The van der Waals surface area contributed by atoms with E-state index in [4.69, 9.17) is 9.88 Å². The van der Waals surface area contributed by atoms with E-state index < -0.39 is 10.0 Å². The van der Waals surface area contributed by atoms with E-state index >= 15 is 0 Å². The summed E-state index contributed by atoms with van der Waals surface area (Å²) in [6.07, 6.45) is 0. The lowest BCUT2D eigenvalue weighted by molar-refractivity contribution is 0.185. The molecule has 0 unspecified atom stereocenters. The summed E-state index contributed by atoms with van der Waals surface area (Å²) in [6, 6.07) is 13.6. The maximum Gasteiger partial charge on any atom is 0.277 e. The van der Waals surface area contributed by atoms with Crippen LogP contribution in [0.1, 0.15) is 11.3 Å². The van der Waals surface area contributed by atoms with Gasteiger partial charge in [0.25, 0.3) is 5.56 Å². The Morgan fingerprint density at radius 2 is 1.90 bits per heavy atom. The molecule has 3 N–H and O–H groups in total. The third-order valence-corrected chi connectivity index (χ3v) is 5.57. The standard InChI is InChI=1S/C20H19N5O4S/c1-12-17-18(25(24-12)14-6-4-3-5-7-14)20(26)23-19(22-17)16-9-8-15(30(21,27)28)10-13(16)11-29-2/h3-10H,11H2,1-2H3,(H2,21,27,28)(H,22,23,26). The number of hydrogen-bond donors (Lipinski definition) is 2. The zero-order valence-corrected chi connectivity index (χ0v) is 17.1. The highest BCUT2D eigenvalue weighted by molar-refractivity contribution is 7.89. The first kappa shape index (κ1) is 20.0. The molecule has 0 saturated carbocycles. The van der Waals surface area contributed by atoms with Crippen molar-refractivity contribution >= 4 is 21.1 Å². The minimum atomic E-state index is -3.88. The highest BCUT2D eigenvalue weighted by Crippen LogP contribution is 2.26. The molecule has 0 amide bonds. The van der Waals surface area contributed by atoms with Gasteiger partial charge in [0.05, 0.1) is 22.9 Å². The summed E-state index contributed by atoms with van der Waals surface area (Å²) in [7, 11) is -2.39. The van der Waals surface area contributed by atoms with Crippen LogP contribution in [0.2, 0.25) is 0 Å². The molecule has 2 heterocycles. The molecule has 30 heavy (non-hydrogen) atoms. The van der Waals surface area contributed by atoms with Gasteiger partial charge in [-0.2, -0.15) is 5.10 Å². The number of rotatable bonds is 5. The molecule has 0 aliphatic carbocycles. The highest BCUT2D eigenvalue weighted by Gasteiger charge is 2.19. The van der Waals surface area contributed by atoms with E-state index in [1.807, 2.05) is 30.3 Å². The van der Waals surface area contributed by atoms with Crippen molar-refractivity contribution in [2.24, 2.45) is 5.14 Å². The van der Waals surface area contributed by atoms with Crippen LogP contribution in [0.3, 0.4) is 0 Å². The Bertz CT molecular complexity index is 1410. The number of aromatic nitrogens is 4. The number of aryl methyl sites for hydroxylation is 1. The molecule has 0 spiro atoms. The van der Waals surface area contributed by atoms with Crippen LogP contribution in [-0.4, -0.2) is 35.3 Å². The van der Waals surface area contributed by atoms with E-state index in [2.05, 4.69) is 15.1 Å². The number of nitrogens with one attached hydrogen (secondary N) is 1. The van der Waals surface area contributed by atoms with Crippen LogP contribution in [0.5, 0.6) is 0 Å². The number of primary sulfonamides is 1. The van der Waals surface area contributed by atoms with Gasteiger partial charge in [-0.05, 0) is 42.8 Å². The smallest absolute Gasteiger partial charge is 0.277 e. The number of nitrogens with zero attached hydrogens (tertiary/aromatic N) is 3. The number of nitrogens with two attached hydrogens (primary N) is 1. The van der Waals surface area contributed by atoms with Crippen molar-refractivity contribution in [2.45, 2.75) is 18.4 Å². The van der Waals surface area contributed by atoms with Gasteiger partial charge in [-0.1, -0.05) is 18.2 Å². The number of sulfonamides is 1. The molecule has 0 aliphatic rings. The Morgan fingerprint density at radius 1 is 1.17 bits per heavy atom. The van der Waals surface area contributed by atoms with Crippen molar-refractivity contribution in [3.05, 3.63) is 70.1 Å². The summed E-state index contributed by atoms with van der Waals surface area (Å²) in [5.74, 6) is 0.288. The van der Waals surface area contributed by atoms with Gasteiger partial charge in [-0.3, -0.25) is 4.79 Å². The van der Waals surface area contributed by atoms with Crippen molar-refractivity contribution in [2.75, 3.05) is 7.11 Å². The molecule has 0 aliphatic heterocycles. The monoisotopic (exact) mass is 425 g/mol. The second-order valence-electron chi connectivity index (χ2n) is 6.74. The van der Waals surface area contributed by atoms with Crippen molar-refractivity contribution < 1.29 is 13.2 Å². The first-order chi connectivity index (χ1) is 14.3. The summed E-state index contributed by atoms with van der Waals surface area (Å²) in [5, 5.41) is 9.71. The first-order valence-electron chi connectivity index (χ1n) is 8.99. The number of para-hydroxylation sites is 1. The zero-order chi connectivity index (χ0) is 21.5. The van der Waals surface area contributed by atoms with Gasteiger partial charge in [-0.15, -0.1) is 0 Å². The minimum absolute atomic E-state index is 0.0465. The van der Waals surface area contributed by atoms with Gasteiger partial charge in [0.1, 0.15) is 11.3 Å². The third kappa shape index (κ3) is 3.52. The van der Waals surface area contributed by atoms with Crippen molar-refractivity contribution in [1.82, 2.24) is 19.7 Å². The summed E-state index contributed by atoms with van der Waals surface area (Å²) >= 11 is 0. The summed E-state index contributed by atoms with van der Waals surface area (Å²) in [6.45, 7) is 1.89. The molecule has 9 nitrogen and oxygen atoms in total. The normalized spacial score (nSPS) is 11.8. The van der Waals surface area contributed by atoms with Crippen LogP contribution >= 0.6 is 0 Å². The number of H-pyrrole nitrogens is 1. The van der Waals surface area contributed by atoms with E-state index in [1.54, 1.807) is 17.7 Å². The fourth-order valence-corrected chi connectivity index (χ4v) is 3.86. The number of hydrogen-bond acceptors (Lipinski definition) is 6. The van der Waals surface area contributed by atoms with Gasteiger partial charge >= 0.3 is 0 Å². The fraction of sp³-hybridized carbons (Fsp3) is 0.150. The van der Waals surface area contributed by atoms with Crippen LogP contribution in [0.4, 0.5) is 0 Å². The molecule has 0 atom stereocenters. The van der Waals surface area contributed by atoms with Crippen LogP contribution < -0.4 is 10.7 Å². The fourth-order valence-electron chi connectivity index (χ4n) is 3.30. The molecule has 0 radical (unpaired) electrons. The van der Waals surface area contributed by atoms with Crippen molar-refractivity contribution in [1.29, 1.82) is 0 Å². The Morgan fingerprint density at radius 3 is 2.57 bits per heavy atom. The Labute approximate surface area is 172 Å². The average Bonchev–Trinajstić information content (AvgIpc) is 3.05. The average molecular weight is 425 g/mol. The van der Waals surface area contributed by atoms with E-state index in [9.17, 15) is 13.2 Å². The van der Waals surface area contributed by atoms with Crippen LogP contribution in [0.25, 0.3) is 28.1 Å². The van der Waals surface area contributed by atoms with Crippen molar-refractivity contribution in [3.8, 4) is 17.1 Å². The Hall–Kier alpha value is -3.34. The van der Waals surface area contributed by atoms with Gasteiger partial charge < -0.3 is 9.72 Å². The maximum atomic E-state index is 13.0. The van der Waals surface area contributed by atoms with E-state index in [-0.39, 0.29) is 22.9 Å². The number of ether oxygens (including phenoxy) is 1. The number of fused-ring (bicyclic) bond motifs is 1. The van der Waals surface area contributed by atoms with E-state index in [1.165, 1.54) is 19.2 Å². The van der Waals surface area contributed by atoms with Crippen molar-refractivity contribution in [3.63, 3.8) is 0 Å². The predicted octanol–water partition coefficient (Wildman–Crippen LogP) is 1.88. The molecule has 0 fully saturated rings. The Kier molecular flexibility index (Phi) is 4.98. The lowest BCUT2D eigenvalue weighted by Crippen LogP contribution is -2.15. The number of benzene rings is 2. The molecule has 154 valence electrons. The Balaban J connectivity index is 1.93. The lowest BCUT2D eigenvalue weighted by Gasteiger charge is -2.10. The minimum Gasteiger partial charge on any atom is -0.380 e. The molecule has 4 rings (SSSR count). The molecule has 2 aromatic carbocycles. The maximum absolute atomic E-state index is 13.0. The predicted molar refractivity (Wildman–Crippen MR) is 112 cm³/mol. The first-order valence-corrected chi connectivity index (χ1v) is 10.5. The van der Waals surface area contributed by atoms with Crippen LogP contribution in [0.15, 0.2) is 58.2 Å². The van der Waals surface area contributed by atoms with Crippen LogP contribution in [0, 0.1) is 6.92 Å². The summed E-state index contributed by atoms with van der Waals surface area (Å²) < 4.78 is 30.1. The van der Waals surface area contributed by atoms with Gasteiger partial charge in [-0.25, -0.2) is 23.2 Å². The molecule has 0 saturated heterocycles.